The molecule has 3 rings (SSSR count). The third-order valence-electron chi connectivity index (χ3n) is 4.88. The number of benzene rings is 2. The zero-order valence-corrected chi connectivity index (χ0v) is 16.4. The van der Waals surface area contributed by atoms with Crippen molar-refractivity contribution in [1.29, 1.82) is 0 Å². The van der Waals surface area contributed by atoms with Crippen molar-refractivity contribution in [3.05, 3.63) is 54.1 Å². The molecule has 0 aliphatic carbocycles. The average molecular weight is 379 g/mol. The van der Waals surface area contributed by atoms with Gasteiger partial charge in [0.05, 0.1) is 0 Å². The standard InChI is InChI=1S/C22H25N3O3/c1-15-13-18-7-4-5-10-21(18)25(15)22(28)11-12-24(17(3)27)20-9-6-8-19(14-20)23-16(2)26/h4-10,14-15H,11-13H2,1-3H3,(H,23,26). The fourth-order valence-electron chi connectivity index (χ4n) is 3.70. The predicted molar refractivity (Wildman–Crippen MR) is 110 cm³/mol. The Labute approximate surface area is 165 Å². The van der Waals surface area contributed by atoms with Crippen LogP contribution in [0.2, 0.25) is 0 Å². The van der Waals surface area contributed by atoms with Gasteiger partial charge in [-0.05, 0) is 43.2 Å². The van der Waals surface area contributed by atoms with E-state index < -0.39 is 0 Å². The first-order valence-electron chi connectivity index (χ1n) is 9.42. The summed E-state index contributed by atoms with van der Waals surface area (Å²) in [6.07, 6.45) is 1.07. The molecule has 0 saturated heterocycles. The first kappa shape index (κ1) is 19.6. The van der Waals surface area contributed by atoms with Crippen LogP contribution in [-0.4, -0.2) is 30.3 Å². The second kappa shape index (κ2) is 8.25. The normalized spacial score (nSPS) is 15.1. The zero-order chi connectivity index (χ0) is 20.3. The van der Waals surface area contributed by atoms with Crippen LogP contribution in [0.5, 0.6) is 0 Å². The smallest absolute Gasteiger partial charge is 0.229 e. The molecule has 1 unspecified atom stereocenters. The number of nitrogens with zero attached hydrogens (tertiary/aromatic N) is 2. The fourth-order valence-corrected chi connectivity index (χ4v) is 3.70. The lowest BCUT2D eigenvalue weighted by Gasteiger charge is -2.26. The van der Waals surface area contributed by atoms with E-state index in [9.17, 15) is 14.4 Å². The third-order valence-corrected chi connectivity index (χ3v) is 4.88. The van der Waals surface area contributed by atoms with Crippen LogP contribution in [0.1, 0.15) is 32.8 Å². The highest BCUT2D eigenvalue weighted by atomic mass is 16.2. The summed E-state index contributed by atoms with van der Waals surface area (Å²) in [7, 11) is 0. The van der Waals surface area contributed by atoms with Gasteiger partial charge in [0, 0.05) is 49.9 Å². The molecule has 146 valence electrons. The number of hydrogen-bond donors (Lipinski definition) is 1. The molecule has 0 saturated carbocycles. The molecule has 0 fully saturated rings. The summed E-state index contributed by atoms with van der Waals surface area (Å²) in [6, 6.07) is 15.1. The summed E-state index contributed by atoms with van der Waals surface area (Å²) in [5, 5.41) is 2.71. The largest absolute Gasteiger partial charge is 0.326 e. The van der Waals surface area contributed by atoms with E-state index >= 15 is 0 Å². The van der Waals surface area contributed by atoms with Gasteiger partial charge in [-0.15, -0.1) is 0 Å². The average Bonchev–Trinajstić information content (AvgIpc) is 2.97. The van der Waals surface area contributed by atoms with Gasteiger partial charge in [0.1, 0.15) is 0 Å². The first-order chi connectivity index (χ1) is 13.4. The molecule has 0 spiro atoms. The second-order valence-corrected chi connectivity index (χ2v) is 7.10. The van der Waals surface area contributed by atoms with Gasteiger partial charge in [-0.2, -0.15) is 0 Å². The molecule has 1 atom stereocenters. The number of fused-ring (bicyclic) bond motifs is 1. The lowest BCUT2D eigenvalue weighted by atomic mass is 10.1. The van der Waals surface area contributed by atoms with Gasteiger partial charge in [0.25, 0.3) is 0 Å². The van der Waals surface area contributed by atoms with E-state index in [0.29, 0.717) is 11.4 Å². The predicted octanol–water partition coefficient (Wildman–Crippen LogP) is 3.37. The van der Waals surface area contributed by atoms with Crippen LogP contribution in [0, 0.1) is 0 Å². The molecule has 1 aliphatic rings. The van der Waals surface area contributed by atoms with Crippen molar-refractivity contribution in [2.75, 3.05) is 21.7 Å². The highest BCUT2D eigenvalue weighted by molar-refractivity contribution is 5.98. The minimum absolute atomic E-state index is 0.00159. The van der Waals surface area contributed by atoms with Crippen LogP contribution in [-0.2, 0) is 20.8 Å². The molecule has 1 N–H and O–H groups in total. The van der Waals surface area contributed by atoms with Gasteiger partial charge in [-0.3, -0.25) is 14.4 Å². The fraction of sp³-hybridized carbons (Fsp3) is 0.318. The minimum Gasteiger partial charge on any atom is -0.326 e. The molecule has 1 aliphatic heterocycles. The number of amides is 3. The van der Waals surface area contributed by atoms with Crippen molar-refractivity contribution >= 4 is 34.8 Å². The van der Waals surface area contributed by atoms with Gasteiger partial charge in [0.2, 0.25) is 17.7 Å². The highest BCUT2D eigenvalue weighted by Crippen LogP contribution is 2.32. The molecular weight excluding hydrogens is 354 g/mol. The molecule has 2 aromatic carbocycles. The number of carbonyl (C=O) groups excluding carboxylic acids is 3. The Balaban J connectivity index is 1.73. The Morgan fingerprint density at radius 2 is 1.86 bits per heavy atom. The van der Waals surface area contributed by atoms with E-state index in [-0.39, 0.29) is 36.7 Å². The summed E-state index contributed by atoms with van der Waals surface area (Å²) in [6.45, 7) is 5.23. The lowest BCUT2D eigenvalue weighted by molar-refractivity contribution is -0.119. The Hall–Kier alpha value is -3.15. The van der Waals surface area contributed by atoms with Crippen LogP contribution in [0.4, 0.5) is 17.1 Å². The summed E-state index contributed by atoms with van der Waals surface area (Å²) in [4.78, 5) is 39.8. The van der Waals surface area contributed by atoms with Crippen molar-refractivity contribution in [2.24, 2.45) is 0 Å². The molecule has 3 amide bonds. The molecule has 6 heteroatoms. The Morgan fingerprint density at radius 3 is 2.57 bits per heavy atom. The molecular formula is C22H25N3O3. The number of hydrogen-bond acceptors (Lipinski definition) is 3. The van der Waals surface area contributed by atoms with Crippen LogP contribution >= 0.6 is 0 Å². The van der Waals surface area contributed by atoms with Crippen molar-refractivity contribution < 1.29 is 14.4 Å². The maximum absolute atomic E-state index is 12.9. The third kappa shape index (κ3) is 4.22. The summed E-state index contributed by atoms with van der Waals surface area (Å²) < 4.78 is 0. The van der Waals surface area contributed by atoms with E-state index in [2.05, 4.69) is 11.4 Å². The maximum Gasteiger partial charge on any atom is 0.229 e. The van der Waals surface area contributed by atoms with E-state index in [1.54, 1.807) is 29.2 Å². The summed E-state index contributed by atoms with van der Waals surface area (Å²) in [5.41, 5.74) is 3.41. The lowest BCUT2D eigenvalue weighted by Crippen LogP contribution is -2.39. The first-order valence-corrected chi connectivity index (χ1v) is 9.42. The molecule has 6 nitrogen and oxygen atoms in total. The Kier molecular flexibility index (Phi) is 5.78. The van der Waals surface area contributed by atoms with Gasteiger partial charge >= 0.3 is 0 Å². The quantitative estimate of drug-likeness (QED) is 0.866. The van der Waals surface area contributed by atoms with E-state index in [1.807, 2.05) is 30.0 Å². The van der Waals surface area contributed by atoms with Crippen LogP contribution in [0.25, 0.3) is 0 Å². The van der Waals surface area contributed by atoms with Crippen molar-refractivity contribution in [1.82, 2.24) is 0 Å². The molecule has 28 heavy (non-hydrogen) atoms. The maximum atomic E-state index is 12.9. The molecule has 0 bridgehead atoms. The van der Waals surface area contributed by atoms with Crippen LogP contribution in [0.15, 0.2) is 48.5 Å². The summed E-state index contributed by atoms with van der Waals surface area (Å²) >= 11 is 0. The van der Waals surface area contributed by atoms with Gasteiger partial charge in [-0.25, -0.2) is 0 Å². The van der Waals surface area contributed by atoms with Gasteiger partial charge in [-0.1, -0.05) is 24.3 Å². The van der Waals surface area contributed by atoms with Crippen molar-refractivity contribution in [2.45, 2.75) is 39.7 Å². The van der Waals surface area contributed by atoms with E-state index in [1.165, 1.54) is 19.4 Å². The Bertz CT molecular complexity index is 909. The highest BCUT2D eigenvalue weighted by Gasteiger charge is 2.30. The number of rotatable bonds is 5. The molecule has 0 radical (unpaired) electrons. The molecule has 0 aromatic heterocycles. The number of para-hydroxylation sites is 1. The second-order valence-electron chi connectivity index (χ2n) is 7.10. The minimum atomic E-state index is -0.177. The zero-order valence-electron chi connectivity index (χ0n) is 16.4. The van der Waals surface area contributed by atoms with Gasteiger partial charge < -0.3 is 15.1 Å². The van der Waals surface area contributed by atoms with Gasteiger partial charge in [0.15, 0.2) is 0 Å². The van der Waals surface area contributed by atoms with Crippen molar-refractivity contribution in [3.8, 4) is 0 Å². The van der Waals surface area contributed by atoms with E-state index in [4.69, 9.17) is 0 Å². The van der Waals surface area contributed by atoms with Crippen LogP contribution < -0.4 is 15.1 Å². The topological polar surface area (TPSA) is 69.7 Å². The Morgan fingerprint density at radius 1 is 1.11 bits per heavy atom. The van der Waals surface area contributed by atoms with Crippen LogP contribution in [0.3, 0.4) is 0 Å². The monoisotopic (exact) mass is 379 g/mol. The number of carbonyl (C=O) groups is 3. The van der Waals surface area contributed by atoms with E-state index in [0.717, 1.165) is 12.1 Å². The summed E-state index contributed by atoms with van der Waals surface area (Å²) in [5.74, 6) is -0.326. The van der Waals surface area contributed by atoms with Crippen molar-refractivity contribution in [3.63, 3.8) is 0 Å². The molecule has 2 aromatic rings. The number of nitrogens with one attached hydrogen (secondary N) is 1. The molecule has 1 heterocycles. The SMILES string of the molecule is CC(=O)Nc1cccc(N(CCC(=O)N2c3ccccc3CC2C)C(C)=O)c1. The number of anilines is 3.